The van der Waals surface area contributed by atoms with Crippen LogP contribution in [0.5, 0.6) is 5.75 Å². The van der Waals surface area contributed by atoms with Crippen LogP contribution < -0.4 is 4.74 Å². The summed E-state index contributed by atoms with van der Waals surface area (Å²) in [6.07, 6.45) is 0. The molecule has 156 valence electrons. The van der Waals surface area contributed by atoms with Gasteiger partial charge in [-0.2, -0.15) is 0 Å². The Morgan fingerprint density at radius 2 is 1.97 bits per heavy atom. The van der Waals surface area contributed by atoms with E-state index in [1.807, 2.05) is 61.5 Å². The predicted molar refractivity (Wildman–Crippen MR) is 116 cm³/mol. The van der Waals surface area contributed by atoms with Gasteiger partial charge in [0.25, 0.3) is 0 Å². The number of thioether (sulfide) groups is 1. The molecule has 1 unspecified atom stereocenters. The molecule has 0 spiro atoms. The SMILES string of the molecule is COC(=O)C1SCCN1Cc1ccc(OCc2nc(-c3ccccc3)oc2C)cc1. The first-order valence-corrected chi connectivity index (χ1v) is 10.9. The quantitative estimate of drug-likeness (QED) is 0.525. The summed E-state index contributed by atoms with van der Waals surface area (Å²) in [6.45, 7) is 3.81. The summed E-state index contributed by atoms with van der Waals surface area (Å²) in [5.74, 6) is 2.87. The van der Waals surface area contributed by atoms with Gasteiger partial charge in [-0.3, -0.25) is 4.90 Å². The number of methoxy groups -OCH3 is 1. The zero-order valence-electron chi connectivity index (χ0n) is 17.0. The second-order valence-electron chi connectivity index (χ2n) is 7.04. The molecule has 1 aromatic heterocycles. The van der Waals surface area contributed by atoms with Crippen molar-refractivity contribution in [3.05, 3.63) is 71.6 Å². The van der Waals surface area contributed by atoms with Crippen molar-refractivity contribution in [3.63, 3.8) is 0 Å². The normalized spacial score (nSPS) is 16.5. The summed E-state index contributed by atoms with van der Waals surface area (Å²) in [5.41, 5.74) is 2.86. The molecule has 6 nitrogen and oxygen atoms in total. The molecule has 1 saturated heterocycles. The van der Waals surface area contributed by atoms with E-state index in [0.717, 1.165) is 40.6 Å². The van der Waals surface area contributed by atoms with Crippen molar-refractivity contribution in [2.45, 2.75) is 25.4 Å². The highest BCUT2D eigenvalue weighted by atomic mass is 32.2. The minimum absolute atomic E-state index is 0.185. The molecule has 2 heterocycles. The minimum atomic E-state index is -0.222. The molecule has 30 heavy (non-hydrogen) atoms. The lowest BCUT2D eigenvalue weighted by Crippen LogP contribution is -2.34. The van der Waals surface area contributed by atoms with Crippen LogP contribution in [0.25, 0.3) is 11.5 Å². The lowest BCUT2D eigenvalue weighted by molar-refractivity contribution is -0.143. The molecule has 2 aromatic carbocycles. The number of carbonyl (C=O) groups is 1. The van der Waals surface area contributed by atoms with Crippen LogP contribution in [0.4, 0.5) is 0 Å². The van der Waals surface area contributed by atoms with E-state index in [4.69, 9.17) is 13.9 Å². The maximum atomic E-state index is 11.9. The molecule has 3 aromatic rings. The average Bonchev–Trinajstić information content (AvgIpc) is 3.40. The number of benzene rings is 2. The number of aryl methyl sites for hydroxylation is 1. The molecule has 7 heteroatoms. The van der Waals surface area contributed by atoms with E-state index < -0.39 is 0 Å². The lowest BCUT2D eigenvalue weighted by Gasteiger charge is -2.21. The van der Waals surface area contributed by atoms with Gasteiger partial charge in [0.05, 0.1) is 7.11 Å². The van der Waals surface area contributed by atoms with E-state index in [2.05, 4.69) is 9.88 Å². The predicted octanol–water partition coefficient (Wildman–Crippen LogP) is 4.28. The minimum Gasteiger partial charge on any atom is -0.487 e. The summed E-state index contributed by atoms with van der Waals surface area (Å²) in [4.78, 5) is 18.6. The first-order chi connectivity index (χ1) is 14.6. The summed E-state index contributed by atoms with van der Waals surface area (Å²) in [6, 6.07) is 17.8. The van der Waals surface area contributed by atoms with E-state index in [1.54, 1.807) is 11.8 Å². The van der Waals surface area contributed by atoms with Gasteiger partial charge in [-0.1, -0.05) is 30.3 Å². The van der Waals surface area contributed by atoms with Gasteiger partial charge in [0, 0.05) is 24.4 Å². The monoisotopic (exact) mass is 424 g/mol. The summed E-state index contributed by atoms with van der Waals surface area (Å²) in [5, 5.41) is -0.222. The van der Waals surface area contributed by atoms with Crippen LogP contribution in [-0.4, -0.2) is 40.6 Å². The molecular weight excluding hydrogens is 400 g/mol. The van der Waals surface area contributed by atoms with Crippen molar-refractivity contribution in [3.8, 4) is 17.2 Å². The van der Waals surface area contributed by atoms with Crippen LogP contribution in [0.2, 0.25) is 0 Å². The number of hydrogen-bond acceptors (Lipinski definition) is 7. The molecule has 0 radical (unpaired) electrons. The molecule has 4 rings (SSSR count). The third kappa shape index (κ3) is 4.68. The van der Waals surface area contributed by atoms with Crippen LogP contribution in [0.15, 0.2) is 59.0 Å². The van der Waals surface area contributed by atoms with Gasteiger partial charge in [0.2, 0.25) is 5.89 Å². The Morgan fingerprint density at radius 1 is 1.20 bits per heavy atom. The van der Waals surface area contributed by atoms with Crippen molar-refractivity contribution < 1.29 is 18.7 Å². The van der Waals surface area contributed by atoms with Crippen molar-refractivity contribution in [1.82, 2.24) is 9.88 Å². The highest BCUT2D eigenvalue weighted by Crippen LogP contribution is 2.27. The first kappa shape index (κ1) is 20.5. The Morgan fingerprint density at radius 3 is 2.70 bits per heavy atom. The van der Waals surface area contributed by atoms with Crippen LogP contribution in [-0.2, 0) is 22.7 Å². The Labute approximate surface area is 180 Å². The maximum Gasteiger partial charge on any atom is 0.333 e. The van der Waals surface area contributed by atoms with Gasteiger partial charge >= 0.3 is 5.97 Å². The standard InChI is InChI=1S/C23H24N2O4S/c1-16-20(24-21(29-16)18-6-4-3-5-7-18)15-28-19-10-8-17(9-11-19)14-25-12-13-30-22(25)23(26)27-2/h3-11,22H,12-15H2,1-2H3. The fourth-order valence-electron chi connectivity index (χ4n) is 3.33. The number of nitrogens with zero attached hydrogens (tertiary/aromatic N) is 2. The van der Waals surface area contributed by atoms with E-state index in [-0.39, 0.29) is 11.3 Å². The zero-order chi connectivity index (χ0) is 20.9. The van der Waals surface area contributed by atoms with Crippen molar-refractivity contribution >= 4 is 17.7 Å². The maximum absolute atomic E-state index is 11.9. The molecule has 1 atom stereocenters. The third-order valence-electron chi connectivity index (χ3n) is 4.99. The molecular formula is C23H24N2O4S. The van der Waals surface area contributed by atoms with Crippen molar-refractivity contribution in [2.75, 3.05) is 19.4 Å². The number of esters is 1. The van der Waals surface area contributed by atoms with Crippen molar-refractivity contribution in [2.24, 2.45) is 0 Å². The number of ether oxygens (including phenoxy) is 2. The fourth-order valence-corrected chi connectivity index (χ4v) is 4.51. The van der Waals surface area contributed by atoms with E-state index >= 15 is 0 Å². The van der Waals surface area contributed by atoms with Crippen LogP contribution >= 0.6 is 11.8 Å². The number of oxazole rings is 1. The van der Waals surface area contributed by atoms with E-state index in [9.17, 15) is 4.79 Å². The Hall–Kier alpha value is -2.77. The molecule has 1 aliphatic heterocycles. The second-order valence-corrected chi connectivity index (χ2v) is 8.23. The summed E-state index contributed by atoms with van der Waals surface area (Å²) in [7, 11) is 1.44. The number of carbonyl (C=O) groups excluding carboxylic acids is 1. The Kier molecular flexibility index (Phi) is 6.40. The third-order valence-corrected chi connectivity index (χ3v) is 6.21. The van der Waals surface area contributed by atoms with Gasteiger partial charge in [0.1, 0.15) is 23.8 Å². The van der Waals surface area contributed by atoms with Gasteiger partial charge in [0.15, 0.2) is 5.37 Å². The molecule has 0 bridgehead atoms. The molecule has 0 N–H and O–H groups in total. The van der Waals surface area contributed by atoms with Crippen LogP contribution in [0, 0.1) is 6.92 Å². The molecule has 0 saturated carbocycles. The zero-order valence-corrected chi connectivity index (χ0v) is 17.9. The molecule has 0 aliphatic carbocycles. The van der Waals surface area contributed by atoms with Gasteiger partial charge in [-0.15, -0.1) is 11.8 Å². The molecule has 1 fully saturated rings. The first-order valence-electron chi connectivity index (χ1n) is 9.81. The highest BCUT2D eigenvalue weighted by Gasteiger charge is 2.32. The number of rotatable bonds is 7. The van der Waals surface area contributed by atoms with E-state index in [0.29, 0.717) is 19.0 Å². The lowest BCUT2D eigenvalue weighted by atomic mass is 10.2. The summed E-state index contributed by atoms with van der Waals surface area (Å²) >= 11 is 1.62. The number of aromatic nitrogens is 1. The smallest absolute Gasteiger partial charge is 0.333 e. The second kappa shape index (κ2) is 9.36. The highest BCUT2D eigenvalue weighted by molar-refractivity contribution is 8.00. The number of hydrogen-bond donors (Lipinski definition) is 0. The van der Waals surface area contributed by atoms with Gasteiger partial charge < -0.3 is 13.9 Å². The molecule has 1 aliphatic rings. The average molecular weight is 425 g/mol. The largest absolute Gasteiger partial charge is 0.487 e. The van der Waals surface area contributed by atoms with Crippen LogP contribution in [0.1, 0.15) is 17.0 Å². The van der Waals surface area contributed by atoms with Gasteiger partial charge in [-0.25, -0.2) is 9.78 Å². The molecule has 0 amide bonds. The topological polar surface area (TPSA) is 64.8 Å². The van der Waals surface area contributed by atoms with Crippen molar-refractivity contribution in [1.29, 1.82) is 0 Å². The van der Waals surface area contributed by atoms with Gasteiger partial charge in [-0.05, 0) is 36.8 Å². The van der Waals surface area contributed by atoms with E-state index in [1.165, 1.54) is 7.11 Å². The Balaban J connectivity index is 1.35. The Bertz CT molecular complexity index is 988. The summed E-state index contributed by atoms with van der Waals surface area (Å²) < 4.78 is 16.6. The fraction of sp³-hybridized carbons (Fsp3) is 0.304. The van der Waals surface area contributed by atoms with Crippen LogP contribution in [0.3, 0.4) is 0 Å².